The van der Waals surface area contributed by atoms with Crippen molar-refractivity contribution in [3.8, 4) is 0 Å². The molecule has 3 nitrogen and oxygen atoms in total. The van der Waals surface area contributed by atoms with E-state index in [0.29, 0.717) is 6.04 Å². The standard InChI is InChI=1S/C16H20ClF3N2O/c1-22(12-5-3-2-4-6-12)10-15(23)21-14-8-7-11(17)9-13(14)16(18,19)20/h7-9,12H,2-6,10H2,1H3,(H,21,23)/p+1. The van der Waals surface area contributed by atoms with Crippen LogP contribution in [0.4, 0.5) is 18.9 Å². The van der Waals surface area contributed by atoms with Gasteiger partial charge in [0.1, 0.15) is 0 Å². The van der Waals surface area contributed by atoms with Crippen molar-refractivity contribution >= 4 is 23.2 Å². The van der Waals surface area contributed by atoms with Gasteiger partial charge in [0.2, 0.25) is 0 Å². The van der Waals surface area contributed by atoms with Crippen LogP contribution < -0.4 is 10.2 Å². The van der Waals surface area contributed by atoms with Gasteiger partial charge >= 0.3 is 6.18 Å². The maximum absolute atomic E-state index is 13.0. The molecule has 1 saturated carbocycles. The van der Waals surface area contributed by atoms with E-state index in [-0.39, 0.29) is 17.3 Å². The maximum Gasteiger partial charge on any atom is 0.418 e. The summed E-state index contributed by atoms with van der Waals surface area (Å²) in [5.74, 6) is -0.416. The highest BCUT2D eigenvalue weighted by Crippen LogP contribution is 2.36. The lowest BCUT2D eigenvalue weighted by Gasteiger charge is -2.27. The van der Waals surface area contributed by atoms with Crippen molar-refractivity contribution in [3.63, 3.8) is 0 Å². The summed E-state index contributed by atoms with van der Waals surface area (Å²) in [6.45, 7) is 0.157. The number of carbonyl (C=O) groups excluding carboxylic acids is 1. The Bertz CT molecular complexity index is 557. The van der Waals surface area contributed by atoms with Crippen LogP contribution in [0.1, 0.15) is 37.7 Å². The molecule has 7 heteroatoms. The summed E-state index contributed by atoms with van der Waals surface area (Å²) in [6, 6.07) is 3.76. The van der Waals surface area contributed by atoms with E-state index >= 15 is 0 Å². The highest BCUT2D eigenvalue weighted by atomic mass is 35.5. The van der Waals surface area contributed by atoms with Gasteiger partial charge in [0.25, 0.3) is 5.91 Å². The van der Waals surface area contributed by atoms with Gasteiger partial charge in [0, 0.05) is 5.02 Å². The number of likely N-dealkylation sites (N-methyl/N-ethyl adjacent to an activating group) is 1. The van der Waals surface area contributed by atoms with Crippen LogP contribution in [0.25, 0.3) is 0 Å². The van der Waals surface area contributed by atoms with Crippen molar-refractivity contribution in [3.05, 3.63) is 28.8 Å². The summed E-state index contributed by atoms with van der Waals surface area (Å²) in [6.07, 6.45) is 1.09. The van der Waals surface area contributed by atoms with Crippen LogP contribution in [0.5, 0.6) is 0 Å². The second-order valence-corrected chi connectivity index (χ2v) is 6.53. The van der Waals surface area contributed by atoms with Gasteiger partial charge < -0.3 is 10.2 Å². The van der Waals surface area contributed by atoms with Crippen LogP contribution >= 0.6 is 11.6 Å². The van der Waals surface area contributed by atoms with Crippen molar-refractivity contribution in [1.82, 2.24) is 0 Å². The number of amides is 1. The first kappa shape index (κ1) is 18.1. The Labute approximate surface area is 138 Å². The molecule has 1 atom stereocenters. The summed E-state index contributed by atoms with van der Waals surface area (Å²) in [5, 5.41) is 2.36. The Morgan fingerprint density at radius 2 is 1.96 bits per heavy atom. The molecule has 1 unspecified atom stereocenters. The number of hydrogen-bond donors (Lipinski definition) is 2. The maximum atomic E-state index is 13.0. The summed E-state index contributed by atoms with van der Waals surface area (Å²) < 4.78 is 39.1. The third kappa shape index (κ3) is 5.11. The third-order valence-electron chi connectivity index (χ3n) is 4.30. The zero-order valence-corrected chi connectivity index (χ0v) is 13.7. The van der Waals surface area contributed by atoms with Crippen LogP contribution in [0.2, 0.25) is 5.02 Å². The van der Waals surface area contributed by atoms with Crippen molar-refractivity contribution in [2.75, 3.05) is 18.9 Å². The number of carbonyl (C=O) groups is 1. The summed E-state index contributed by atoms with van der Waals surface area (Å²) in [4.78, 5) is 13.1. The molecular weight excluding hydrogens is 329 g/mol. The van der Waals surface area contributed by atoms with Gasteiger partial charge in [-0.2, -0.15) is 13.2 Å². The lowest BCUT2D eigenvalue weighted by atomic mass is 9.94. The van der Waals surface area contributed by atoms with Gasteiger partial charge in [-0.1, -0.05) is 18.0 Å². The first-order valence-corrected chi connectivity index (χ1v) is 8.14. The molecule has 1 aliphatic carbocycles. The monoisotopic (exact) mass is 349 g/mol. The van der Waals surface area contributed by atoms with Gasteiger partial charge in [0.05, 0.1) is 24.3 Å². The van der Waals surface area contributed by atoms with Crippen LogP contribution in [-0.4, -0.2) is 25.5 Å². The predicted octanol–water partition coefficient (Wildman–Crippen LogP) is 3.14. The smallest absolute Gasteiger partial charge is 0.327 e. The van der Waals surface area contributed by atoms with Crippen molar-refractivity contribution in [1.29, 1.82) is 0 Å². The highest BCUT2D eigenvalue weighted by Gasteiger charge is 2.34. The van der Waals surface area contributed by atoms with E-state index in [0.717, 1.165) is 36.6 Å². The lowest BCUT2D eigenvalue weighted by Crippen LogP contribution is -3.14. The van der Waals surface area contributed by atoms with Gasteiger partial charge in [0.15, 0.2) is 6.54 Å². The fourth-order valence-corrected chi connectivity index (χ4v) is 3.22. The minimum atomic E-state index is -4.56. The van der Waals surface area contributed by atoms with E-state index in [4.69, 9.17) is 11.6 Å². The third-order valence-corrected chi connectivity index (χ3v) is 4.54. The lowest BCUT2D eigenvalue weighted by molar-refractivity contribution is -0.899. The summed E-state index contributed by atoms with van der Waals surface area (Å²) >= 11 is 5.63. The molecule has 0 bridgehead atoms. The van der Waals surface area contributed by atoms with E-state index in [2.05, 4.69) is 5.32 Å². The molecule has 1 aromatic carbocycles. The molecule has 128 valence electrons. The molecule has 1 aromatic rings. The molecule has 1 aliphatic rings. The average molecular weight is 350 g/mol. The minimum Gasteiger partial charge on any atom is -0.327 e. The van der Waals surface area contributed by atoms with E-state index in [9.17, 15) is 18.0 Å². The van der Waals surface area contributed by atoms with Crippen LogP contribution in [0, 0.1) is 0 Å². The number of rotatable bonds is 4. The molecule has 2 N–H and O–H groups in total. The van der Waals surface area contributed by atoms with Crippen LogP contribution in [0.3, 0.4) is 0 Å². The average Bonchev–Trinajstić information content (AvgIpc) is 2.49. The quantitative estimate of drug-likeness (QED) is 0.860. The number of benzene rings is 1. The second kappa shape index (κ2) is 7.53. The van der Waals surface area contributed by atoms with Gasteiger partial charge in [-0.05, 0) is 43.9 Å². The molecule has 23 heavy (non-hydrogen) atoms. The number of alkyl halides is 3. The fraction of sp³-hybridized carbons (Fsp3) is 0.562. The Hall–Kier alpha value is -1.27. The number of nitrogens with one attached hydrogen (secondary N) is 2. The molecule has 0 heterocycles. The van der Waals surface area contributed by atoms with Gasteiger partial charge in [-0.3, -0.25) is 4.79 Å². The van der Waals surface area contributed by atoms with Crippen LogP contribution in [-0.2, 0) is 11.0 Å². The molecule has 0 aromatic heterocycles. The first-order valence-electron chi connectivity index (χ1n) is 7.76. The molecule has 0 saturated heterocycles. The Morgan fingerprint density at radius 3 is 2.57 bits per heavy atom. The molecule has 0 radical (unpaired) electrons. The van der Waals surface area contributed by atoms with Gasteiger partial charge in [-0.15, -0.1) is 0 Å². The van der Waals surface area contributed by atoms with E-state index in [1.165, 1.54) is 18.6 Å². The Kier molecular flexibility index (Phi) is 5.92. The first-order chi connectivity index (χ1) is 10.8. The molecular formula is C16H21ClF3N2O+. The number of hydrogen-bond acceptors (Lipinski definition) is 1. The summed E-state index contributed by atoms with van der Waals surface area (Å²) in [7, 11) is 1.92. The molecule has 1 fully saturated rings. The normalized spacial score (nSPS) is 17.8. The number of halogens is 4. The number of anilines is 1. The largest absolute Gasteiger partial charge is 0.418 e. The Morgan fingerprint density at radius 1 is 1.30 bits per heavy atom. The predicted molar refractivity (Wildman–Crippen MR) is 83.7 cm³/mol. The van der Waals surface area contributed by atoms with Crippen LogP contribution in [0.15, 0.2) is 18.2 Å². The molecule has 2 rings (SSSR count). The van der Waals surface area contributed by atoms with E-state index < -0.39 is 17.6 Å². The van der Waals surface area contributed by atoms with Gasteiger partial charge in [-0.25, -0.2) is 0 Å². The number of quaternary nitrogens is 1. The summed E-state index contributed by atoms with van der Waals surface area (Å²) in [5.41, 5.74) is -1.17. The zero-order valence-electron chi connectivity index (χ0n) is 13.0. The highest BCUT2D eigenvalue weighted by molar-refractivity contribution is 6.30. The van der Waals surface area contributed by atoms with Crippen molar-refractivity contribution in [2.24, 2.45) is 0 Å². The van der Waals surface area contributed by atoms with Crippen molar-refractivity contribution in [2.45, 2.75) is 44.3 Å². The fourth-order valence-electron chi connectivity index (χ4n) is 3.05. The SMILES string of the molecule is C[NH+](CC(=O)Nc1ccc(Cl)cc1C(F)(F)F)C1CCCCC1. The van der Waals surface area contributed by atoms with Crippen molar-refractivity contribution < 1.29 is 22.9 Å². The minimum absolute atomic E-state index is 0.0136. The Balaban J connectivity index is 2.02. The van der Waals surface area contributed by atoms with E-state index in [1.807, 2.05) is 7.05 Å². The topological polar surface area (TPSA) is 33.5 Å². The molecule has 0 aliphatic heterocycles. The molecule has 1 amide bonds. The van der Waals surface area contributed by atoms with E-state index in [1.54, 1.807) is 0 Å². The zero-order chi connectivity index (χ0) is 17.0. The molecule has 0 spiro atoms. The second-order valence-electron chi connectivity index (χ2n) is 6.09.